The molecule has 0 saturated carbocycles. The summed E-state index contributed by atoms with van der Waals surface area (Å²) in [4.78, 5) is 4.05. The number of hydrazine groups is 1. The number of halogens is 1. The lowest BCUT2D eigenvalue weighted by atomic mass is 10.2. The molecule has 0 amide bonds. The summed E-state index contributed by atoms with van der Waals surface area (Å²) in [6, 6.07) is 3.08. The van der Waals surface area contributed by atoms with Crippen LogP contribution in [0.5, 0.6) is 0 Å². The van der Waals surface area contributed by atoms with E-state index in [0.717, 1.165) is 13.1 Å². The average Bonchev–Trinajstić information content (AvgIpc) is 2.50. The normalized spacial score (nSPS) is 18.7. The van der Waals surface area contributed by atoms with Crippen LogP contribution in [0.15, 0.2) is 18.3 Å². The van der Waals surface area contributed by atoms with E-state index < -0.39 is 0 Å². The molecule has 0 radical (unpaired) electrons. The summed E-state index contributed by atoms with van der Waals surface area (Å²) in [5.74, 6) is -0.219. The molecule has 2 heterocycles. The van der Waals surface area contributed by atoms with Crippen LogP contribution in [0.2, 0.25) is 0 Å². The van der Waals surface area contributed by atoms with Gasteiger partial charge in [0.1, 0.15) is 5.82 Å². The first-order chi connectivity index (χ1) is 7.36. The third-order valence-electron chi connectivity index (χ3n) is 2.62. The lowest BCUT2D eigenvalue weighted by Gasteiger charge is -2.20. The molecule has 0 aromatic carbocycles. The van der Waals surface area contributed by atoms with Gasteiger partial charge >= 0.3 is 0 Å². The minimum Gasteiger partial charge on any atom is -0.257 e. The largest absolute Gasteiger partial charge is 0.257 e. The summed E-state index contributed by atoms with van der Waals surface area (Å²) < 4.78 is 13.3. The van der Waals surface area contributed by atoms with Crippen LogP contribution < -0.4 is 5.43 Å². The van der Waals surface area contributed by atoms with Crippen molar-refractivity contribution in [2.75, 3.05) is 13.1 Å². The fourth-order valence-corrected chi connectivity index (χ4v) is 1.77. The van der Waals surface area contributed by atoms with E-state index in [9.17, 15) is 4.39 Å². The van der Waals surface area contributed by atoms with Crippen LogP contribution in [0.3, 0.4) is 0 Å². The zero-order valence-corrected chi connectivity index (χ0v) is 8.75. The molecule has 0 unspecified atom stereocenters. The van der Waals surface area contributed by atoms with Gasteiger partial charge in [-0.3, -0.25) is 10.4 Å². The van der Waals surface area contributed by atoms with Gasteiger partial charge in [-0.1, -0.05) is 6.42 Å². The molecule has 0 atom stereocenters. The summed E-state index contributed by atoms with van der Waals surface area (Å²) in [6.45, 7) is 2.50. The number of nitrogens with one attached hydrogen (secondary N) is 1. The van der Waals surface area contributed by atoms with E-state index in [1.807, 2.05) is 0 Å². The van der Waals surface area contributed by atoms with E-state index >= 15 is 0 Å². The van der Waals surface area contributed by atoms with Gasteiger partial charge in [-0.15, -0.1) is 0 Å². The third-order valence-corrected chi connectivity index (χ3v) is 2.62. The van der Waals surface area contributed by atoms with Crippen molar-refractivity contribution in [2.24, 2.45) is 0 Å². The maximum Gasteiger partial charge on any atom is 0.146 e. The summed E-state index contributed by atoms with van der Waals surface area (Å²) in [7, 11) is 0. The number of aromatic nitrogens is 1. The molecule has 0 aliphatic carbocycles. The van der Waals surface area contributed by atoms with E-state index in [4.69, 9.17) is 0 Å². The maximum absolute atomic E-state index is 13.3. The van der Waals surface area contributed by atoms with Crippen LogP contribution in [0.4, 0.5) is 4.39 Å². The second-order valence-corrected chi connectivity index (χ2v) is 3.82. The Kier molecular flexibility index (Phi) is 3.64. The van der Waals surface area contributed by atoms with Crippen LogP contribution in [0.1, 0.15) is 25.0 Å². The van der Waals surface area contributed by atoms with Gasteiger partial charge in [0.05, 0.1) is 12.2 Å². The van der Waals surface area contributed by atoms with Crippen molar-refractivity contribution >= 4 is 0 Å². The average molecular weight is 209 g/mol. The Balaban J connectivity index is 1.98. The Morgan fingerprint density at radius 2 is 2.33 bits per heavy atom. The van der Waals surface area contributed by atoms with Gasteiger partial charge in [0.25, 0.3) is 0 Å². The first-order valence-electron chi connectivity index (χ1n) is 5.44. The molecule has 0 spiro atoms. The molecule has 82 valence electrons. The molecule has 2 rings (SSSR count). The van der Waals surface area contributed by atoms with E-state index in [-0.39, 0.29) is 5.82 Å². The van der Waals surface area contributed by atoms with E-state index in [2.05, 4.69) is 15.4 Å². The molecule has 15 heavy (non-hydrogen) atoms. The highest BCUT2D eigenvalue weighted by atomic mass is 19.1. The van der Waals surface area contributed by atoms with Crippen molar-refractivity contribution in [1.29, 1.82) is 0 Å². The zero-order chi connectivity index (χ0) is 10.5. The van der Waals surface area contributed by atoms with Gasteiger partial charge < -0.3 is 0 Å². The van der Waals surface area contributed by atoms with Crippen LogP contribution in [-0.4, -0.2) is 23.1 Å². The van der Waals surface area contributed by atoms with Crippen LogP contribution in [-0.2, 0) is 6.54 Å². The molecule has 3 nitrogen and oxygen atoms in total. The molecular formula is C11H16FN3. The highest BCUT2D eigenvalue weighted by molar-refractivity contribution is 5.06. The van der Waals surface area contributed by atoms with Crippen molar-refractivity contribution in [1.82, 2.24) is 15.4 Å². The molecule has 1 aromatic heterocycles. The Bertz CT molecular complexity index is 308. The summed E-state index contributed by atoms with van der Waals surface area (Å²) in [6.07, 6.45) is 5.24. The molecule has 1 N–H and O–H groups in total. The summed E-state index contributed by atoms with van der Waals surface area (Å²) in [5, 5.41) is 2.05. The van der Waals surface area contributed by atoms with E-state index in [1.54, 1.807) is 12.3 Å². The van der Waals surface area contributed by atoms with Crippen molar-refractivity contribution in [3.63, 3.8) is 0 Å². The van der Waals surface area contributed by atoms with Crippen LogP contribution in [0, 0.1) is 5.82 Å². The van der Waals surface area contributed by atoms with E-state index in [0.29, 0.717) is 12.2 Å². The number of nitrogens with zero attached hydrogens (tertiary/aromatic N) is 2. The lowest BCUT2D eigenvalue weighted by Crippen LogP contribution is -2.37. The molecule has 0 bridgehead atoms. The molecule has 4 heteroatoms. The number of hydrogen-bond acceptors (Lipinski definition) is 3. The number of pyridine rings is 1. The lowest BCUT2D eigenvalue weighted by molar-refractivity contribution is 0.187. The maximum atomic E-state index is 13.3. The minimum absolute atomic E-state index is 0.219. The fraction of sp³-hybridized carbons (Fsp3) is 0.545. The minimum atomic E-state index is -0.219. The van der Waals surface area contributed by atoms with Crippen LogP contribution >= 0.6 is 0 Å². The second-order valence-electron chi connectivity index (χ2n) is 3.82. The third kappa shape index (κ3) is 2.97. The van der Waals surface area contributed by atoms with Crippen molar-refractivity contribution in [2.45, 2.75) is 25.8 Å². The topological polar surface area (TPSA) is 28.2 Å². The van der Waals surface area contributed by atoms with Crippen molar-refractivity contribution < 1.29 is 4.39 Å². The standard InChI is InChI=1S/C11H16FN3/c12-10-5-4-6-13-11(10)9-15-8-3-1-2-7-14-15/h4-6,14H,1-3,7-9H2. The molecule has 1 aromatic rings. The van der Waals surface area contributed by atoms with Gasteiger partial charge in [-0.05, 0) is 25.0 Å². The first-order valence-corrected chi connectivity index (χ1v) is 5.44. The quantitative estimate of drug-likeness (QED) is 0.803. The molecule has 1 saturated heterocycles. The van der Waals surface area contributed by atoms with E-state index in [1.165, 1.54) is 25.3 Å². The van der Waals surface area contributed by atoms with Crippen LogP contribution in [0.25, 0.3) is 0 Å². The van der Waals surface area contributed by atoms with Gasteiger partial charge in [-0.2, -0.15) is 0 Å². The summed E-state index contributed by atoms with van der Waals surface area (Å²) >= 11 is 0. The van der Waals surface area contributed by atoms with Gasteiger partial charge in [0, 0.05) is 19.3 Å². The molecule has 1 aliphatic rings. The Labute approximate surface area is 89.3 Å². The predicted molar refractivity (Wildman–Crippen MR) is 56.5 cm³/mol. The monoisotopic (exact) mass is 209 g/mol. The number of rotatable bonds is 2. The number of hydrogen-bond donors (Lipinski definition) is 1. The molecule has 1 aliphatic heterocycles. The van der Waals surface area contributed by atoms with Gasteiger partial charge in [-0.25, -0.2) is 9.40 Å². The fourth-order valence-electron chi connectivity index (χ4n) is 1.77. The smallest absolute Gasteiger partial charge is 0.146 e. The predicted octanol–water partition coefficient (Wildman–Crippen LogP) is 1.71. The Hall–Kier alpha value is -1.00. The van der Waals surface area contributed by atoms with Crippen molar-refractivity contribution in [3.8, 4) is 0 Å². The Morgan fingerprint density at radius 1 is 1.40 bits per heavy atom. The second kappa shape index (κ2) is 5.19. The highest BCUT2D eigenvalue weighted by Gasteiger charge is 2.11. The first kappa shape index (κ1) is 10.5. The van der Waals surface area contributed by atoms with Gasteiger partial charge in [0.15, 0.2) is 0 Å². The zero-order valence-electron chi connectivity index (χ0n) is 8.75. The SMILES string of the molecule is Fc1cccnc1CN1CCCCCN1. The van der Waals surface area contributed by atoms with Crippen molar-refractivity contribution in [3.05, 3.63) is 29.8 Å². The van der Waals surface area contributed by atoms with Gasteiger partial charge in [0.2, 0.25) is 0 Å². The highest BCUT2D eigenvalue weighted by Crippen LogP contribution is 2.08. The molecular weight excluding hydrogens is 193 g/mol. The molecule has 1 fully saturated rings. The Morgan fingerprint density at radius 3 is 3.20 bits per heavy atom. The summed E-state index contributed by atoms with van der Waals surface area (Å²) in [5.41, 5.74) is 3.80.